The summed E-state index contributed by atoms with van der Waals surface area (Å²) in [6.45, 7) is 3.74. The van der Waals surface area contributed by atoms with Crippen LogP contribution in [0.5, 0.6) is 0 Å². The third-order valence-electron chi connectivity index (χ3n) is 4.21. The molecule has 98 valence electrons. The van der Waals surface area contributed by atoms with Crippen LogP contribution in [0.15, 0.2) is 6.07 Å². The first-order chi connectivity index (χ1) is 8.65. The van der Waals surface area contributed by atoms with E-state index in [1.165, 1.54) is 16.9 Å². The predicted molar refractivity (Wildman–Crippen MR) is 74.0 cm³/mol. The van der Waals surface area contributed by atoms with Crippen LogP contribution in [-0.2, 0) is 12.8 Å². The first-order valence-corrected chi connectivity index (χ1v) is 7.63. The van der Waals surface area contributed by atoms with Gasteiger partial charge >= 0.3 is 0 Å². The average Bonchev–Trinajstić information content (AvgIpc) is 3.02. The lowest BCUT2D eigenvalue weighted by Gasteiger charge is -2.17. The zero-order valence-electron chi connectivity index (χ0n) is 10.8. The Hall–Kier alpha value is -0.870. The molecule has 0 spiro atoms. The van der Waals surface area contributed by atoms with E-state index in [0.717, 1.165) is 37.2 Å². The van der Waals surface area contributed by atoms with Crippen molar-refractivity contribution in [1.29, 1.82) is 0 Å². The Kier molecular flexibility index (Phi) is 3.16. The molecular formula is C14H20N2OS. The van der Waals surface area contributed by atoms with Crippen LogP contribution in [0.25, 0.3) is 0 Å². The number of hydrogen-bond donors (Lipinski definition) is 1. The van der Waals surface area contributed by atoms with Crippen LogP contribution in [0.3, 0.4) is 0 Å². The minimum Gasteiger partial charge on any atom is -0.338 e. The zero-order chi connectivity index (χ0) is 12.7. The summed E-state index contributed by atoms with van der Waals surface area (Å²) in [6, 6.07) is 2.31. The number of carbonyl (C=O) groups excluding carboxylic acids is 1. The van der Waals surface area contributed by atoms with Crippen molar-refractivity contribution in [1.82, 2.24) is 4.90 Å². The molecule has 0 radical (unpaired) electrons. The van der Waals surface area contributed by atoms with E-state index in [2.05, 4.69) is 6.07 Å². The maximum absolute atomic E-state index is 12.4. The van der Waals surface area contributed by atoms with Gasteiger partial charge in [-0.2, -0.15) is 0 Å². The van der Waals surface area contributed by atoms with Crippen LogP contribution in [0.2, 0.25) is 0 Å². The van der Waals surface area contributed by atoms with Crippen LogP contribution in [0.4, 0.5) is 0 Å². The third kappa shape index (κ3) is 2.08. The van der Waals surface area contributed by atoms with E-state index >= 15 is 0 Å². The fraction of sp³-hybridized carbons (Fsp3) is 0.643. The van der Waals surface area contributed by atoms with Crippen molar-refractivity contribution in [2.75, 3.05) is 13.1 Å². The van der Waals surface area contributed by atoms with Gasteiger partial charge in [0, 0.05) is 24.0 Å². The topological polar surface area (TPSA) is 46.3 Å². The summed E-state index contributed by atoms with van der Waals surface area (Å²) in [6.07, 6.45) is 4.62. The minimum absolute atomic E-state index is 0.191. The normalized spacial score (nSPS) is 24.3. The minimum atomic E-state index is 0.191. The Labute approximate surface area is 112 Å². The molecule has 0 bridgehead atoms. The summed E-state index contributed by atoms with van der Waals surface area (Å²) < 4.78 is 0. The van der Waals surface area contributed by atoms with Crippen molar-refractivity contribution in [3.63, 3.8) is 0 Å². The van der Waals surface area contributed by atoms with Gasteiger partial charge in [-0.25, -0.2) is 0 Å². The molecule has 3 rings (SSSR count). The van der Waals surface area contributed by atoms with E-state index in [-0.39, 0.29) is 11.9 Å². The smallest absolute Gasteiger partial charge is 0.263 e. The van der Waals surface area contributed by atoms with E-state index in [1.807, 2.05) is 11.8 Å². The zero-order valence-corrected chi connectivity index (χ0v) is 11.6. The lowest BCUT2D eigenvalue weighted by molar-refractivity contribution is 0.0790. The molecule has 1 aromatic heterocycles. The number of aryl methyl sites for hydroxylation is 2. The maximum Gasteiger partial charge on any atom is 0.263 e. The van der Waals surface area contributed by atoms with Crippen LogP contribution in [-0.4, -0.2) is 29.9 Å². The van der Waals surface area contributed by atoms with Gasteiger partial charge in [0.2, 0.25) is 0 Å². The van der Waals surface area contributed by atoms with E-state index < -0.39 is 0 Å². The van der Waals surface area contributed by atoms with Gasteiger partial charge in [-0.05, 0) is 50.2 Å². The van der Waals surface area contributed by atoms with Crippen LogP contribution in [0, 0.1) is 5.92 Å². The largest absolute Gasteiger partial charge is 0.338 e. The van der Waals surface area contributed by atoms with Crippen LogP contribution in [0.1, 0.15) is 39.9 Å². The summed E-state index contributed by atoms with van der Waals surface area (Å²) in [4.78, 5) is 16.8. The standard InChI is InChI=1S/C14H20N2OS/c1-9(15)11-5-6-16(8-11)14(17)13-7-10-3-2-4-12(10)18-13/h7,9,11H,2-6,8,15H2,1H3/t9-,11-/m1/s1. The van der Waals surface area contributed by atoms with Gasteiger partial charge in [0.25, 0.3) is 5.91 Å². The molecule has 4 heteroatoms. The molecular weight excluding hydrogens is 244 g/mol. The Morgan fingerprint density at radius 3 is 3.06 bits per heavy atom. The van der Waals surface area contributed by atoms with E-state index in [1.54, 1.807) is 11.3 Å². The highest BCUT2D eigenvalue weighted by atomic mass is 32.1. The van der Waals surface area contributed by atoms with Gasteiger partial charge in [-0.3, -0.25) is 4.79 Å². The molecule has 1 aliphatic carbocycles. The highest BCUT2D eigenvalue weighted by Crippen LogP contribution is 2.32. The number of thiophene rings is 1. The average molecular weight is 264 g/mol. The molecule has 0 saturated carbocycles. The molecule has 3 nitrogen and oxygen atoms in total. The molecule has 18 heavy (non-hydrogen) atoms. The molecule has 0 unspecified atom stereocenters. The van der Waals surface area contributed by atoms with Crippen molar-refractivity contribution < 1.29 is 4.79 Å². The maximum atomic E-state index is 12.4. The molecule has 1 aliphatic heterocycles. The molecule has 2 N–H and O–H groups in total. The molecule has 2 atom stereocenters. The Balaban J connectivity index is 1.71. The molecule has 0 aromatic carbocycles. The summed E-state index contributed by atoms with van der Waals surface area (Å²) in [5, 5.41) is 0. The number of rotatable bonds is 2. The first-order valence-electron chi connectivity index (χ1n) is 6.81. The summed E-state index contributed by atoms with van der Waals surface area (Å²) in [5.41, 5.74) is 7.33. The lowest BCUT2D eigenvalue weighted by atomic mass is 10.0. The second-order valence-corrected chi connectivity index (χ2v) is 6.71. The highest BCUT2D eigenvalue weighted by Gasteiger charge is 2.30. The highest BCUT2D eigenvalue weighted by molar-refractivity contribution is 7.14. The molecule has 1 saturated heterocycles. The Morgan fingerprint density at radius 1 is 1.56 bits per heavy atom. The number of hydrogen-bond acceptors (Lipinski definition) is 3. The Bertz CT molecular complexity index is 445. The molecule has 2 aliphatic rings. The summed E-state index contributed by atoms with van der Waals surface area (Å²) in [7, 11) is 0. The monoisotopic (exact) mass is 264 g/mol. The molecule has 1 amide bonds. The Morgan fingerprint density at radius 2 is 2.39 bits per heavy atom. The van der Waals surface area contributed by atoms with Crippen molar-refractivity contribution in [2.45, 2.75) is 38.6 Å². The van der Waals surface area contributed by atoms with E-state index in [4.69, 9.17) is 5.73 Å². The fourth-order valence-electron chi connectivity index (χ4n) is 2.99. The van der Waals surface area contributed by atoms with Gasteiger partial charge in [0.1, 0.15) is 0 Å². The SMILES string of the molecule is C[C@@H](N)[C@@H]1CCN(C(=O)c2cc3c(s2)CCC3)C1. The van der Waals surface area contributed by atoms with Crippen molar-refractivity contribution in [3.05, 3.63) is 21.4 Å². The van der Waals surface area contributed by atoms with E-state index in [0.29, 0.717) is 5.92 Å². The summed E-state index contributed by atoms with van der Waals surface area (Å²) >= 11 is 1.70. The predicted octanol–water partition coefficient (Wildman–Crippen LogP) is 2.05. The molecule has 1 aromatic rings. The van der Waals surface area contributed by atoms with Gasteiger partial charge < -0.3 is 10.6 Å². The number of fused-ring (bicyclic) bond motifs is 1. The molecule has 2 heterocycles. The van der Waals surface area contributed by atoms with Gasteiger partial charge in [-0.1, -0.05) is 0 Å². The quantitative estimate of drug-likeness (QED) is 0.888. The lowest BCUT2D eigenvalue weighted by Crippen LogP contribution is -2.32. The number of nitrogens with two attached hydrogens (primary N) is 1. The first kappa shape index (κ1) is 12.2. The van der Waals surface area contributed by atoms with Crippen molar-refractivity contribution in [2.24, 2.45) is 11.7 Å². The van der Waals surface area contributed by atoms with Gasteiger partial charge in [-0.15, -0.1) is 11.3 Å². The van der Waals surface area contributed by atoms with Gasteiger partial charge in [0.15, 0.2) is 0 Å². The second kappa shape index (κ2) is 4.67. The summed E-state index contributed by atoms with van der Waals surface area (Å²) in [5.74, 6) is 0.693. The third-order valence-corrected chi connectivity index (χ3v) is 5.44. The number of amides is 1. The second-order valence-electron chi connectivity index (χ2n) is 5.57. The van der Waals surface area contributed by atoms with Crippen LogP contribution >= 0.6 is 11.3 Å². The number of nitrogens with zero attached hydrogens (tertiary/aromatic N) is 1. The molecule has 1 fully saturated rings. The van der Waals surface area contributed by atoms with Crippen LogP contribution < -0.4 is 5.73 Å². The van der Waals surface area contributed by atoms with Crippen molar-refractivity contribution in [3.8, 4) is 0 Å². The number of likely N-dealkylation sites (tertiary alicyclic amines) is 1. The van der Waals surface area contributed by atoms with Gasteiger partial charge in [0.05, 0.1) is 4.88 Å². The fourth-order valence-corrected chi connectivity index (χ4v) is 4.21. The van der Waals surface area contributed by atoms with E-state index in [9.17, 15) is 4.79 Å². The number of carbonyl (C=O) groups is 1. The van der Waals surface area contributed by atoms with Crippen molar-refractivity contribution >= 4 is 17.2 Å².